The number of nitrogens with zero attached hydrogens (tertiary/aromatic N) is 1. The number of rotatable bonds is 4. The van der Waals surface area contributed by atoms with Gasteiger partial charge in [-0.1, -0.05) is 45.0 Å². The fourth-order valence-corrected chi connectivity index (χ4v) is 1.67. The number of hydrogen-bond donors (Lipinski definition) is 0. The summed E-state index contributed by atoms with van der Waals surface area (Å²) in [5.74, 6) is 0.263. The van der Waals surface area contributed by atoms with E-state index in [1.807, 2.05) is 20.9 Å². The van der Waals surface area contributed by atoms with Crippen LogP contribution in [0, 0.1) is 5.92 Å². The molecule has 0 bridgehead atoms. The lowest BCUT2D eigenvalue weighted by Gasteiger charge is -2.19. The summed E-state index contributed by atoms with van der Waals surface area (Å²) in [5, 5.41) is 0. The van der Waals surface area contributed by atoms with E-state index in [-0.39, 0.29) is 11.8 Å². The van der Waals surface area contributed by atoms with Crippen molar-refractivity contribution in [3.05, 3.63) is 35.4 Å². The van der Waals surface area contributed by atoms with E-state index in [1.54, 1.807) is 4.90 Å². The van der Waals surface area contributed by atoms with Crippen molar-refractivity contribution in [2.24, 2.45) is 5.92 Å². The predicted octanol–water partition coefficient (Wildman–Crippen LogP) is 2.86. The van der Waals surface area contributed by atoms with E-state index in [0.717, 1.165) is 6.42 Å². The van der Waals surface area contributed by atoms with E-state index >= 15 is 0 Å². The molecule has 2 nitrogen and oxygen atoms in total. The van der Waals surface area contributed by atoms with Gasteiger partial charge in [-0.05, 0) is 17.5 Å². The van der Waals surface area contributed by atoms with Crippen molar-refractivity contribution in [1.29, 1.82) is 0 Å². The van der Waals surface area contributed by atoms with Crippen molar-refractivity contribution in [3.8, 4) is 0 Å². The minimum Gasteiger partial charge on any atom is -0.341 e. The van der Waals surface area contributed by atoms with Gasteiger partial charge in [0, 0.05) is 19.5 Å². The minimum atomic E-state index is 0.0694. The summed E-state index contributed by atoms with van der Waals surface area (Å²) in [5.41, 5.74) is 2.52. The summed E-state index contributed by atoms with van der Waals surface area (Å²) in [7, 11) is 1.86. The Morgan fingerprint density at radius 1 is 1.19 bits per heavy atom. The fourth-order valence-electron chi connectivity index (χ4n) is 1.67. The smallest absolute Gasteiger partial charge is 0.225 e. The van der Waals surface area contributed by atoms with Crippen molar-refractivity contribution in [3.63, 3.8) is 0 Å². The third-order valence-corrected chi connectivity index (χ3v) is 2.72. The highest BCUT2D eigenvalue weighted by molar-refractivity contribution is 5.77. The zero-order chi connectivity index (χ0) is 12.1. The highest BCUT2D eigenvalue weighted by Crippen LogP contribution is 2.09. The van der Waals surface area contributed by atoms with E-state index in [9.17, 15) is 4.79 Å². The van der Waals surface area contributed by atoms with Gasteiger partial charge in [0.25, 0.3) is 0 Å². The second-order valence-corrected chi connectivity index (χ2v) is 4.52. The van der Waals surface area contributed by atoms with Crippen LogP contribution in [-0.4, -0.2) is 17.9 Å². The Morgan fingerprint density at radius 2 is 1.69 bits per heavy atom. The van der Waals surface area contributed by atoms with E-state index in [4.69, 9.17) is 0 Å². The maximum absolute atomic E-state index is 11.7. The van der Waals surface area contributed by atoms with Gasteiger partial charge in [-0.25, -0.2) is 0 Å². The lowest BCUT2D eigenvalue weighted by atomic mass is 10.1. The Labute approximate surface area is 98.3 Å². The maximum Gasteiger partial charge on any atom is 0.225 e. The monoisotopic (exact) mass is 219 g/mol. The molecule has 0 aliphatic rings. The molecule has 0 radical (unpaired) electrons. The molecule has 0 saturated carbocycles. The van der Waals surface area contributed by atoms with Crippen molar-refractivity contribution in [2.45, 2.75) is 33.7 Å². The molecule has 0 aliphatic carbocycles. The molecule has 88 valence electrons. The topological polar surface area (TPSA) is 20.3 Å². The normalized spacial score (nSPS) is 10.6. The molecule has 0 heterocycles. The van der Waals surface area contributed by atoms with Gasteiger partial charge < -0.3 is 4.90 Å². The molecule has 1 aromatic rings. The van der Waals surface area contributed by atoms with Gasteiger partial charge in [0.1, 0.15) is 0 Å². The van der Waals surface area contributed by atoms with Crippen LogP contribution in [0.4, 0.5) is 0 Å². The van der Waals surface area contributed by atoms with Crippen LogP contribution >= 0.6 is 0 Å². The Hall–Kier alpha value is -1.31. The lowest BCUT2D eigenvalue weighted by molar-refractivity contribution is -0.133. The van der Waals surface area contributed by atoms with Crippen LogP contribution in [0.25, 0.3) is 0 Å². The molecule has 0 aromatic heterocycles. The first-order chi connectivity index (χ1) is 7.54. The number of hydrogen-bond acceptors (Lipinski definition) is 1. The SMILES string of the molecule is CCc1ccc(CN(C)C(=O)C(C)C)cc1. The summed E-state index contributed by atoms with van der Waals surface area (Å²) in [6, 6.07) is 8.46. The third kappa shape index (κ3) is 3.37. The zero-order valence-corrected chi connectivity index (χ0v) is 10.7. The number of carbonyl (C=O) groups is 1. The van der Waals surface area contributed by atoms with Gasteiger partial charge in [0.15, 0.2) is 0 Å². The van der Waals surface area contributed by atoms with Gasteiger partial charge in [0.2, 0.25) is 5.91 Å². The van der Waals surface area contributed by atoms with Gasteiger partial charge in [-0.2, -0.15) is 0 Å². The van der Waals surface area contributed by atoms with Crippen molar-refractivity contribution >= 4 is 5.91 Å². The van der Waals surface area contributed by atoms with Crippen molar-refractivity contribution < 1.29 is 4.79 Å². The van der Waals surface area contributed by atoms with Crippen LogP contribution in [0.15, 0.2) is 24.3 Å². The number of benzene rings is 1. The van der Waals surface area contributed by atoms with Gasteiger partial charge >= 0.3 is 0 Å². The van der Waals surface area contributed by atoms with Crippen LogP contribution in [-0.2, 0) is 17.8 Å². The summed E-state index contributed by atoms with van der Waals surface area (Å²) >= 11 is 0. The molecule has 0 unspecified atom stereocenters. The molecule has 0 N–H and O–H groups in total. The average Bonchev–Trinajstić information content (AvgIpc) is 2.28. The van der Waals surface area contributed by atoms with Crippen molar-refractivity contribution in [2.75, 3.05) is 7.05 Å². The van der Waals surface area contributed by atoms with E-state index in [2.05, 4.69) is 31.2 Å². The van der Waals surface area contributed by atoms with E-state index < -0.39 is 0 Å². The van der Waals surface area contributed by atoms with Crippen LogP contribution < -0.4 is 0 Å². The van der Waals surface area contributed by atoms with Crippen LogP contribution in [0.3, 0.4) is 0 Å². The molecule has 0 fully saturated rings. The van der Waals surface area contributed by atoms with Crippen LogP contribution in [0.2, 0.25) is 0 Å². The fraction of sp³-hybridized carbons (Fsp3) is 0.500. The highest BCUT2D eigenvalue weighted by atomic mass is 16.2. The Bertz CT molecular complexity index is 340. The third-order valence-electron chi connectivity index (χ3n) is 2.72. The molecular weight excluding hydrogens is 198 g/mol. The summed E-state index contributed by atoms with van der Waals surface area (Å²) in [6.45, 7) is 6.70. The lowest BCUT2D eigenvalue weighted by Crippen LogP contribution is -2.29. The molecule has 16 heavy (non-hydrogen) atoms. The molecule has 1 amide bonds. The van der Waals surface area contributed by atoms with E-state index in [0.29, 0.717) is 6.54 Å². The molecule has 1 rings (SSSR count). The Kier molecular flexibility index (Phi) is 4.53. The van der Waals surface area contributed by atoms with Gasteiger partial charge in [-0.3, -0.25) is 4.79 Å². The number of carbonyl (C=O) groups excluding carboxylic acids is 1. The molecule has 2 heteroatoms. The maximum atomic E-state index is 11.7. The van der Waals surface area contributed by atoms with Crippen molar-refractivity contribution in [1.82, 2.24) is 4.90 Å². The highest BCUT2D eigenvalue weighted by Gasteiger charge is 2.12. The van der Waals surface area contributed by atoms with Gasteiger partial charge in [0.05, 0.1) is 0 Å². The molecule has 0 spiro atoms. The zero-order valence-electron chi connectivity index (χ0n) is 10.7. The number of amides is 1. The molecular formula is C14H21NO. The Morgan fingerprint density at radius 3 is 2.12 bits per heavy atom. The molecule has 1 aromatic carbocycles. The molecule has 0 aliphatic heterocycles. The molecule has 0 saturated heterocycles. The second kappa shape index (κ2) is 5.69. The molecule has 0 atom stereocenters. The quantitative estimate of drug-likeness (QED) is 0.762. The largest absolute Gasteiger partial charge is 0.341 e. The summed E-state index contributed by atoms with van der Waals surface area (Å²) in [6.07, 6.45) is 1.06. The number of aryl methyl sites for hydroxylation is 1. The Balaban J connectivity index is 2.62. The summed E-state index contributed by atoms with van der Waals surface area (Å²) in [4.78, 5) is 13.5. The standard InChI is InChI=1S/C14H21NO/c1-5-12-6-8-13(9-7-12)10-15(4)14(16)11(2)3/h6-9,11H,5,10H2,1-4H3. The average molecular weight is 219 g/mol. The van der Waals surface area contributed by atoms with Crippen LogP contribution in [0.1, 0.15) is 31.9 Å². The first kappa shape index (κ1) is 12.8. The second-order valence-electron chi connectivity index (χ2n) is 4.52. The predicted molar refractivity (Wildman–Crippen MR) is 67.1 cm³/mol. The summed E-state index contributed by atoms with van der Waals surface area (Å²) < 4.78 is 0. The minimum absolute atomic E-state index is 0.0694. The van der Waals surface area contributed by atoms with E-state index in [1.165, 1.54) is 11.1 Å². The first-order valence-electron chi connectivity index (χ1n) is 5.87. The van der Waals surface area contributed by atoms with Crippen LogP contribution in [0.5, 0.6) is 0 Å². The first-order valence-corrected chi connectivity index (χ1v) is 5.87. The van der Waals surface area contributed by atoms with Gasteiger partial charge in [-0.15, -0.1) is 0 Å².